The second-order valence-corrected chi connectivity index (χ2v) is 3.62. The summed E-state index contributed by atoms with van der Waals surface area (Å²) in [4.78, 5) is 4.06. The highest BCUT2D eigenvalue weighted by atomic mass is 16.5. The van der Waals surface area contributed by atoms with Crippen molar-refractivity contribution in [3.05, 3.63) is 54.4 Å². The summed E-state index contributed by atoms with van der Waals surface area (Å²) in [5.41, 5.74) is 7.40. The van der Waals surface area contributed by atoms with E-state index in [-0.39, 0.29) is 6.10 Å². The van der Waals surface area contributed by atoms with E-state index in [1.54, 1.807) is 6.20 Å². The molecule has 1 aromatic heterocycles. The van der Waals surface area contributed by atoms with Crippen molar-refractivity contribution in [2.24, 2.45) is 0 Å². The van der Waals surface area contributed by atoms with Gasteiger partial charge in [0.2, 0.25) is 0 Å². The summed E-state index contributed by atoms with van der Waals surface area (Å²) in [7, 11) is 0. The Morgan fingerprint density at radius 1 is 1.19 bits per heavy atom. The number of aromatic nitrogens is 1. The van der Waals surface area contributed by atoms with Crippen LogP contribution in [0.3, 0.4) is 0 Å². The van der Waals surface area contributed by atoms with Crippen molar-refractivity contribution in [3.63, 3.8) is 0 Å². The molecule has 0 aliphatic rings. The summed E-state index contributed by atoms with van der Waals surface area (Å²) in [6.07, 6.45) is 3.54. The maximum Gasteiger partial charge on any atom is 0.122 e. The van der Waals surface area contributed by atoms with E-state index in [4.69, 9.17) is 10.5 Å². The van der Waals surface area contributed by atoms with E-state index in [2.05, 4.69) is 4.98 Å². The molecule has 0 spiro atoms. The number of rotatable bonds is 3. The van der Waals surface area contributed by atoms with Gasteiger partial charge in [0, 0.05) is 23.6 Å². The summed E-state index contributed by atoms with van der Waals surface area (Å²) < 4.78 is 5.76. The third-order valence-corrected chi connectivity index (χ3v) is 2.35. The van der Waals surface area contributed by atoms with E-state index in [9.17, 15) is 0 Å². The van der Waals surface area contributed by atoms with Gasteiger partial charge in [0.1, 0.15) is 11.9 Å². The van der Waals surface area contributed by atoms with Gasteiger partial charge in [0.15, 0.2) is 0 Å². The van der Waals surface area contributed by atoms with Crippen molar-refractivity contribution in [3.8, 4) is 5.75 Å². The number of benzene rings is 1. The maximum absolute atomic E-state index is 5.76. The molecule has 2 rings (SSSR count). The Morgan fingerprint density at radius 3 is 2.56 bits per heavy atom. The maximum atomic E-state index is 5.76. The van der Waals surface area contributed by atoms with Gasteiger partial charge in [-0.25, -0.2) is 0 Å². The molecule has 0 saturated carbocycles. The number of nitrogen functional groups attached to an aromatic ring is 1. The monoisotopic (exact) mass is 214 g/mol. The first-order chi connectivity index (χ1) is 7.75. The molecule has 0 amide bonds. The smallest absolute Gasteiger partial charge is 0.122 e. The van der Waals surface area contributed by atoms with Gasteiger partial charge >= 0.3 is 0 Å². The highest BCUT2D eigenvalue weighted by molar-refractivity contribution is 5.41. The SMILES string of the molecule is CC(Oc1ccc(N)cc1)c1cccnc1. The van der Waals surface area contributed by atoms with Crippen molar-refractivity contribution in [2.75, 3.05) is 5.73 Å². The van der Waals surface area contributed by atoms with Crippen molar-refractivity contribution < 1.29 is 4.74 Å². The van der Waals surface area contributed by atoms with E-state index in [1.807, 2.05) is 49.5 Å². The van der Waals surface area contributed by atoms with Crippen molar-refractivity contribution in [1.82, 2.24) is 4.98 Å². The van der Waals surface area contributed by atoms with Gasteiger partial charge < -0.3 is 10.5 Å². The standard InChI is InChI=1S/C13H14N2O/c1-10(11-3-2-8-15-9-11)16-13-6-4-12(14)5-7-13/h2-10H,14H2,1H3. The normalized spacial score (nSPS) is 12.1. The fraction of sp³-hybridized carbons (Fsp3) is 0.154. The Balaban J connectivity index is 2.08. The van der Waals surface area contributed by atoms with Crippen LogP contribution in [0.2, 0.25) is 0 Å². The lowest BCUT2D eigenvalue weighted by Crippen LogP contribution is -2.03. The molecule has 0 bridgehead atoms. The molecule has 2 aromatic rings. The van der Waals surface area contributed by atoms with Crippen LogP contribution in [0.15, 0.2) is 48.8 Å². The van der Waals surface area contributed by atoms with Gasteiger partial charge in [0.25, 0.3) is 0 Å². The van der Waals surface area contributed by atoms with Crippen LogP contribution in [0.1, 0.15) is 18.6 Å². The van der Waals surface area contributed by atoms with E-state index >= 15 is 0 Å². The number of ether oxygens (including phenoxy) is 1. The van der Waals surface area contributed by atoms with Crippen LogP contribution >= 0.6 is 0 Å². The third kappa shape index (κ3) is 2.51. The van der Waals surface area contributed by atoms with Gasteiger partial charge in [-0.3, -0.25) is 4.98 Å². The highest BCUT2D eigenvalue weighted by Gasteiger charge is 2.06. The molecule has 1 unspecified atom stereocenters. The van der Waals surface area contributed by atoms with Gasteiger partial charge in [-0.1, -0.05) is 6.07 Å². The van der Waals surface area contributed by atoms with Gasteiger partial charge in [-0.05, 0) is 37.3 Å². The molecule has 3 heteroatoms. The van der Waals surface area contributed by atoms with E-state index in [0.717, 1.165) is 17.0 Å². The van der Waals surface area contributed by atoms with Crippen LogP contribution in [0.25, 0.3) is 0 Å². The zero-order valence-corrected chi connectivity index (χ0v) is 9.13. The lowest BCUT2D eigenvalue weighted by atomic mass is 10.2. The van der Waals surface area contributed by atoms with Crippen molar-refractivity contribution in [2.45, 2.75) is 13.0 Å². The molecule has 0 fully saturated rings. The molecule has 0 aliphatic heterocycles. The fourth-order valence-electron chi connectivity index (χ4n) is 1.44. The van der Waals surface area contributed by atoms with Crippen molar-refractivity contribution in [1.29, 1.82) is 0 Å². The van der Waals surface area contributed by atoms with E-state index in [1.165, 1.54) is 0 Å². The highest BCUT2D eigenvalue weighted by Crippen LogP contribution is 2.21. The topological polar surface area (TPSA) is 48.1 Å². The largest absolute Gasteiger partial charge is 0.486 e. The number of nitrogens with zero attached hydrogens (tertiary/aromatic N) is 1. The second-order valence-electron chi connectivity index (χ2n) is 3.62. The van der Waals surface area contributed by atoms with Gasteiger partial charge in [0.05, 0.1) is 0 Å². The third-order valence-electron chi connectivity index (χ3n) is 2.35. The predicted molar refractivity (Wildman–Crippen MR) is 64.1 cm³/mol. The average Bonchev–Trinajstić information content (AvgIpc) is 2.33. The minimum atomic E-state index is -0.0164. The number of hydrogen-bond acceptors (Lipinski definition) is 3. The molecule has 0 saturated heterocycles. The Hall–Kier alpha value is -2.03. The molecular weight excluding hydrogens is 200 g/mol. The molecule has 16 heavy (non-hydrogen) atoms. The first-order valence-corrected chi connectivity index (χ1v) is 5.18. The lowest BCUT2D eigenvalue weighted by molar-refractivity contribution is 0.226. The molecule has 0 radical (unpaired) electrons. The zero-order chi connectivity index (χ0) is 11.4. The second kappa shape index (κ2) is 4.66. The quantitative estimate of drug-likeness (QED) is 0.799. The predicted octanol–water partition coefficient (Wildman–Crippen LogP) is 2.80. The summed E-state index contributed by atoms with van der Waals surface area (Å²) in [5.74, 6) is 0.811. The molecule has 1 heterocycles. The molecule has 2 N–H and O–H groups in total. The van der Waals surface area contributed by atoms with Crippen LogP contribution < -0.4 is 10.5 Å². The lowest BCUT2D eigenvalue weighted by Gasteiger charge is -2.14. The molecule has 82 valence electrons. The van der Waals surface area contributed by atoms with Gasteiger partial charge in [-0.15, -0.1) is 0 Å². The van der Waals surface area contributed by atoms with E-state index < -0.39 is 0 Å². The van der Waals surface area contributed by atoms with Crippen LogP contribution in [-0.2, 0) is 0 Å². The Bertz CT molecular complexity index is 439. The van der Waals surface area contributed by atoms with Crippen LogP contribution in [0.5, 0.6) is 5.75 Å². The van der Waals surface area contributed by atoms with Crippen LogP contribution in [0, 0.1) is 0 Å². The number of pyridine rings is 1. The first kappa shape index (κ1) is 10.5. The molecule has 1 aromatic carbocycles. The number of hydrogen-bond donors (Lipinski definition) is 1. The number of anilines is 1. The van der Waals surface area contributed by atoms with Crippen LogP contribution in [-0.4, -0.2) is 4.98 Å². The molecule has 1 atom stereocenters. The number of nitrogens with two attached hydrogens (primary N) is 1. The Morgan fingerprint density at radius 2 is 1.94 bits per heavy atom. The fourth-order valence-corrected chi connectivity index (χ4v) is 1.44. The molecule has 0 aliphatic carbocycles. The summed E-state index contributed by atoms with van der Waals surface area (Å²) in [6, 6.07) is 11.3. The van der Waals surface area contributed by atoms with Gasteiger partial charge in [-0.2, -0.15) is 0 Å². The first-order valence-electron chi connectivity index (χ1n) is 5.18. The Labute approximate surface area is 94.9 Å². The minimum absolute atomic E-state index is 0.0164. The zero-order valence-electron chi connectivity index (χ0n) is 9.13. The summed E-state index contributed by atoms with van der Waals surface area (Å²) in [5, 5.41) is 0. The molecule has 3 nitrogen and oxygen atoms in total. The minimum Gasteiger partial charge on any atom is -0.486 e. The molecular formula is C13H14N2O. The van der Waals surface area contributed by atoms with E-state index in [0.29, 0.717) is 0 Å². The van der Waals surface area contributed by atoms with Crippen LogP contribution in [0.4, 0.5) is 5.69 Å². The van der Waals surface area contributed by atoms with Crippen molar-refractivity contribution >= 4 is 5.69 Å². The average molecular weight is 214 g/mol. The summed E-state index contributed by atoms with van der Waals surface area (Å²) >= 11 is 0. The Kier molecular flexibility index (Phi) is 3.05. The summed E-state index contributed by atoms with van der Waals surface area (Å²) in [6.45, 7) is 1.99.